The first-order valence-electron chi connectivity index (χ1n) is 18.7. The molecule has 0 fully saturated rings. The molecule has 0 N–H and O–H groups in total. The highest BCUT2D eigenvalue weighted by Crippen LogP contribution is 2.56. The van der Waals surface area contributed by atoms with Crippen molar-refractivity contribution in [2.24, 2.45) is 0 Å². The van der Waals surface area contributed by atoms with E-state index in [9.17, 15) is 0 Å². The summed E-state index contributed by atoms with van der Waals surface area (Å²) in [6.45, 7) is 0. The summed E-state index contributed by atoms with van der Waals surface area (Å²) in [7, 11) is 0. The molecule has 8 aromatic carbocycles. The summed E-state index contributed by atoms with van der Waals surface area (Å²) in [5.74, 6) is 1.91. The van der Waals surface area contributed by atoms with Gasteiger partial charge in [-0.3, -0.25) is 0 Å². The average molecular weight is 702 g/mol. The number of benzene rings is 8. The van der Waals surface area contributed by atoms with Gasteiger partial charge in [0.05, 0.1) is 5.41 Å². The van der Waals surface area contributed by atoms with Gasteiger partial charge in [-0.05, 0) is 67.8 Å². The van der Waals surface area contributed by atoms with Gasteiger partial charge in [-0.25, -0.2) is 15.0 Å². The molecular weight excluding hydrogens is 667 g/mol. The number of hydrogen-bond acceptors (Lipinski definition) is 3. The van der Waals surface area contributed by atoms with Crippen LogP contribution in [0.4, 0.5) is 0 Å². The van der Waals surface area contributed by atoms with E-state index in [2.05, 4.69) is 176 Å². The van der Waals surface area contributed by atoms with E-state index in [4.69, 9.17) is 15.0 Å². The Kier molecular flexibility index (Phi) is 8.04. The summed E-state index contributed by atoms with van der Waals surface area (Å²) in [4.78, 5) is 15.2. The predicted octanol–water partition coefficient (Wildman–Crippen LogP) is 12.6. The van der Waals surface area contributed by atoms with Crippen LogP contribution in [-0.2, 0) is 5.41 Å². The maximum atomic E-state index is 5.10. The third kappa shape index (κ3) is 5.65. The molecule has 55 heavy (non-hydrogen) atoms. The van der Waals surface area contributed by atoms with Crippen molar-refractivity contribution in [3.63, 3.8) is 0 Å². The fourth-order valence-corrected chi connectivity index (χ4v) is 8.25. The molecule has 0 aliphatic heterocycles. The Hall–Kier alpha value is -7.23. The van der Waals surface area contributed by atoms with Crippen molar-refractivity contribution in [2.75, 3.05) is 0 Å². The molecule has 1 aliphatic carbocycles. The van der Waals surface area contributed by atoms with Crippen LogP contribution in [0.25, 0.3) is 67.5 Å². The topological polar surface area (TPSA) is 38.7 Å². The van der Waals surface area contributed by atoms with Crippen LogP contribution in [0.3, 0.4) is 0 Å². The standard InChI is InChI=1S/C52H35N3/c1-5-16-36(17-6-1)37-28-30-39(31-29-37)50-53-49(38-18-7-2-8-19-38)54-51(55-50)42-21-15-20-40(34-42)41-32-33-46-45-26-13-14-27-47(45)52(48(46)35-41,43-22-9-3-10-23-43)44-24-11-4-12-25-44/h1-35H. The fourth-order valence-electron chi connectivity index (χ4n) is 8.25. The Labute approximate surface area is 321 Å². The molecular formula is C52H35N3. The number of hydrogen-bond donors (Lipinski definition) is 0. The van der Waals surface area contributed by atoms with E-state index in [1.165, 1.54) is 38.9 Å². The Morgan fingerprint density at radius 3 is 1.29 bits per heavy atom. The number of fused-ring (bicyclic) bond motifs is 3. The normalized spacial score (nSPS) is 12.5. The summed E-state index contributed by atoms with van der Waals surface area (Å²) in [5.41, 5.74) is 14.5. The Balaban J connectivity index is 1.11. The van der Waals surface area contributed by atoms with E-state index in [0.717, 1.165) is 33.4 Å². The van der Waals surface area contributed by atoms with Crippen molar-refractivity contribution >= 4 is 0 Å². The zero-order valence-electron chi connectivity index (χ0n) is 30.0. The maximum Gasteiger partial charge on any atom is 0.164 e. The van der Waals surface area contributed by atoms with E-state index in [0.29, 0.717) is 17.5 Å². The Bertz CT molecular complexity index is 2740. The van der Waals surface area contributed by atoms with Crippen molar-refractivity contribution in [1.82, 2.24) is 15.0 Å². The summed E-state index contributed by atoms with van der Waals surface area (Å²) in [6, 6.07) is 75.3. The molecule has 0 unspecified atom stereocenters. The van der Waals surface area contributed by atoms with Crippen LogP contribution < -0.4 is 0 Å². The largest absolute Gasteiger partial charge is 0.208 e. The highest BCUT2D eigenvalue weighted by molar-refractivity contribution is 5.88. The molecule has 1 aromatic heterocycles. The lowest BCUT2D eigenvalue weighted by atomic mass is 9.67. The van der Waals surface area contributed by atoms with Crippen LogP contribution in [0, 0.1) is 0 Å². The number of rotatable bonds is 7. The van der Waals surface area contributed by atoms with Crippen molar-refractivity contribution in [1.29, 1.82) is 0 Å². The number of aromatic nitrogens is 3. The van der Waals surface area contributed by atoms with E-state index in [-0.39, 0.29) is 0 Å². The molecule has 0 saturated heterocycles. The Morgan fingerprint density at radius 2 is 0.655 bits per heavy atom. The van der Waals surface area contributed by atoms with Crippen molar-refractivity contribution in [3.8, 4) is 67.5 Å². The third-order valence-corrected chi connectivity index (χ3v) is 10.8. The van der Waals surface area contributed by atoms with Gasteiger partial charge in [0.15, 0.2) is 17.5 Å². The first-order valence-corrected chi connectivity index (χ1v) is 18.7. The minimum absolute atomic E-state index is 0.466. The monoisotopic (exact) mass is 701 g/mol. The molecule has 0 bridgehead atoms. The van der Waals surface area contributed by atoms with Crippen LogP contribution in [0.5, 0.6) is 0 Å². The van der Waals surface area contributed by atoms with Crippen molar-refractivity contribution in [2.45, 2.75) is 5.41 Å². The van der Waals surface area contributed by atoms with Crippen molar-refractivity contribution in [3.05, 3.63) is 235 Å². The first kappa shape index (κ1) is 32.4. The summed E-state index contributed by atoms with van der Waals surface area (Å²) in [5, 5.41) is 0. The second-order valence-electron chi connectivity index (χ2n) is 14.0. The minimum atomic E-state index is -0.466. The highest BCUT2D eigenvalue weighted by atomic mass is 15.0. The van der Waals surface area contributed by atoms with Crippen LogP contribution >= 0.6 is 0 Å². The van der Waals surface area contributed by atoms with Gasteiger partial charge in [0.1, 0.15) is 0 Å². The Morgan fingerprint density at radius 1 is 0.255 bits per heavy atom. The van der Waals surface area contributed by atoms with Gasteiger partial charge in [0.25, 0.3) is 0 Å². The minimum Gasteiger partial charge on any atom is -0.208 e. The fraction of sp³-hybridized carbons (Fsp3) is 0.0192. The average Bonchev–Trinajstić information content (AvgIpc) is 3.58. The van der Waals surface area contributed by atoms with Crippen LogP contribution in [0.1, 0.15) is 22.3 Å². The zero-order chi connectivity index (χ0) is 36.6. The molecule has 0 atom stereocenters. The van der Waals surface area contributed by atoms with E-state index in [1.54, 1.807) is 0 Å². The summed E-state index contributed by atoms with van der Waals surface area (Å²) in [6.07, 6.45) is 0. The van der Waals surface area contributed by atoms with E-state index >= 15 is 0 Å². The maximum absolute atomic E-state index is 5.10. The quantitative estimate of drug-likeness (QED) is 0.166. The molecule has 258 valence electrons. The van der Waals surface area contributed by atoms with Gasteiger partial charge in [0, 0.05) is 16.7 Å². The molecule has 10 rings (SSSR count). The van der Waals surface area contributed by atoms with E-state index < -0.39 is 5.41 Å². The molecule has 3 nitrogen and oxygen atoms in total. The van der Waals surface area contributed by atoms with Crippen LogP contribution in [0.2, 0.25) is 0 Å². The van der Waals surface area contributed by atoms with Crippen LogP contribution in [-0.4, -0.2) is 15.0 Å². The molecule has 1 aliphatic rings. The van der Waals surface area contributed by atoms with Gasteiger partial charge < -0.3 is 0 Å². The summed E-state index contributed by atoms with van der Waals surface area (Å²) < 4.78 is 0. The second-order valence-corrected chi connectivity index (χ2v) is 14.0. The summed E-state index contributed by atoms with van der Waals surface area (Å²) >= 11 is 0. The van der Waals surface area contributed by atoms with Gasteiger partial charge in [0.2, 0.25) is 0 Å². The lowest BCUT2D eigenvalue weighted by Crippen LogP contribution is -2.28. The van der Waals surface area contributed by atoms with Gasteiger partial charge in [-0.2, -0.15) is 0 Å². The molecule has 3 heteroatoms. The number of nitrogens with zero attached hydrogens (tertiary/aromatic N) is 3. The predicted molar refractivity (Wildman–Crippen MR) is 224 cm³/mol. The first-order chi connectivity index (χ1) is 27.3. The van der Waals surface area contributed by atoms with Gasteiger partial charge in [-0.1, -0.05) is 200 Å². The molecule has 9 aromatic rings. The van der Waals surface area contributed by atoms with Crippen molar-refractivity contribution < 1.29 is 0 Å². The SMILES string of the molecule is c1ccc(-c2ccc(-c3nc(-c4ccccc4)nc(-c4cccc(-c5ccc6c(c5)C(c5ccccc5)(c5ccccc5)c5ccccc5-6)c4)n3)cc2)cc1. The van der Waals surface area contributed by atoms with E-state index in [1.807, 2.05) is 36.4 Å². The highest BCUT2D eigenvalue weighted by Gasteiger charge is 2.46. The molecule has 0 saturated carbocycles. The molecule has 0 amide bonds. The molecule has 0 radical (unpaired) electrons. The molecule has 1 heterocycles. The lowest BCUT2D eigenvalue weighted by molar-refractivity contribution is 0.769. The van der Waals surface area contributed by atoms with Crippen LogP contribution in [0.15, 0.2) is 212 Å². The third-order valence-electron chi connectivity index (χ3n) is 10.8. The zero-order valence-corrected chi connectivity index (χ0v) is 30.0. The molecule has 0 spiro atoms. The smallest absolute Gasteiger partial charge is 0.164 e. The van der Waals surface area contributed by atoms with Gasteiger partial charge in [-0.15, -0.1) is 0 Å². The van der Waals surface area contributed by atoms with Gasteiger partial charge >= 0.3 is 0 Å². The lowest BCUT2D eigenvalue weighted by Gasteiger charge is -2.34. The second kappa shape index (κ2) is 13.6.